The smallest absolute Gasteiger partial charge is 0.249 e. The lowest BCUT2D eigenvalue weighted by Crippen LogP contribution is -2.40. The van der Waals surface area contributed by atoms with Crippen LogP contribution in [0, 0.1) is 17.2 Å². The summed E-state index contributed by atoms with van der Waals surface area (Å²) in [6.45, 7) is 0. The van der Waals surface area contributed by atoms with Crippen LogP contribution in [0.25, 0.3) is 5.70 Å². The quantitative estimate of drug-likeness (QED) is 0.585. The molecule has 2 atom stereocenters. The fourth-order valence-electron chi connectivity index (χ4n) is 3.54. The van der Waals surface area contributed by atoms with Gasteiger partial charge in [-0.3, -0.25) is 9.69 Å². The minimum atomic E-state index is -0.800. The van der Waals surface area contributed by atoms with Crippen LogP contribution in [-0.4, -0.2) is 5.91 Å². The van der Waals surface area contributed by atoms with Crippen molar-refractivity contribution in [2.24, 2.45) is 5.92 Å². The molecule has 1 aliphatic heterocycles. The lowest BCUT2D eigenvalue weighted by molar-refractivity contribution is -0.120. The first-order chi connectivity index (χ1) is 13.7. The minimum absolute atomic E-state index is 0.236. The molecule has 0 bridgehead atoms. The van der Waals surface area contributed by atoms with Gasteiger partial charge in [0.2, 0.25) is 5.91 Å². The van der Waals surface area contributed by atoms with E-state index in [4.69, 9.17) is 11.6 Å². The molecule has 28 heavy (non-hydrogen) atoms. The number of amides is 1. The topological polar surface area (TPSA) is 44.1 Å². The predicted molar refractivity (Wildman–Crippen MR) is 112 cm³/mol. The molecule has 1 heterocycles. The predicted octanol–water partition coefficient (Wildman–Crippen LogP) is 5.65. The number of hydrogen-bond acceptors (Lipinski definition) is 2. The lowest BCUT2D eigenvalue weighted by Gasteiger charge is -2.35. The highest BCUT2D eigenvalue weighted by Crippen LogP contribution is 2.40. The second-order valence-electron chi connectivity index (χ2n) is 6.61. The number of rotatable bonds is 3. The molecule has 4 rings (SSSR count). The van der Waals surface area contributed by atoms with Crippen LogP contribution in [0.4, 0.5) is 5.69 Å². The Morgan fingerprint density at radius 2 is 1.46 bits per heavy atom. The normalized spacial score (nSPS) is 19.1. The van der Waals surface area contributed by atoms with Gasteiger partial charge in [0.25, 0.3) is 0 Å². The maximum atomic E-state index is 13.4. The molecule has 0 saturated carbocycles. The molecule has 0 aliphatic carbocycles. The monoisotopic (exact) mass is 384 g/mol. The number of nitrogens with zero attached hydrogens (tertiary/aromatic N) is 2. The van der Waals surface area contributed by atoms with Gasteiger partial charge in [0.15, 0.2) is 0 Å². The molecule has 1 amide bonds. The van der Waals surface area contributed by atoms with E-state index in [1.54, 1.807) is 29.2 Å². The summed E-state index contributed by atoms with van der Waals surface area (Å²) in [4.78, 5) is 15.1. The largest absolute Gasteiger partial charge is 0.280 e. The van der Waals surface area contributed by atoms with E-state index in [2.05, 4.69) is 6.07 Å². The van der Waals surface area contributed by atoms with E-state index >= 15 is 0 Å². The maximum Gasteiger partial charge on any atom is 0.249 e. The van der Waals surface area contributed by atoms with Crippen molar-refractivity contribution in [1.82, 2.24) is 0 Å². The van der Waals surface area contributed by atoms with Gasteiger partial charge in [-0.15, -0.1) is 0 Å². The number of carbonyl (C=O) groups excluding carboxylic acids is 1. The molecular weight excluding hydrogens is 368 g/mol. The maximum absolute atomic E-state index is 13.4. The molecule has 4 heteroatoms. The number of halogens is 1. The van der Waals surface area contributed by atoms with Crippen LogP contribution < -0.4 is 4.90 Å². The Kier molecular flexibility index (Phi) is 4.97. The van der Waals surface area contributed by atoms with E-state index < -0.39 is 5.92 Å². The van der Waals surface area contributed by atoms with Crippen molar-refractivity contribution >= 4 is 28.9 Å². The Labute approximate surface area is 169 Å². The van der Waals surface area contributed by atoms with Crippen molar-refractivity contribution in [2.75, 3.05) is 4.90 Å². The van der Waals surface area contributed by atoms with Crippen molar-refractivity contribution in [1.29, 1.82) is 5.26 Å². The molecule has 0 radical (unpaired) electrons. The Morgan fingerprint density at radius 3 is 2.07 bits per heavy atom. The molecular formula is C24H17ClN2O. The summed E-state index contributed by atoms with van der Waals surface area (Å²) in [6.07, 6.45) is 2.02. The SMILES string of the molecule is N#C[C@H]1C(=O)N(c2ccc(Cl)cc2)C(c2ccccc2)=C[C@@H]1c1ccccc1. The third-order valence-corrected chi connectivity index (χ3v) is 5.15. The summed E-state index contributed by atoms with van der Waals surface area (Å²) < 4.78 is 0. The Hall–Kier alpha value is -3.35. The average molecular weight is 385 g/mol. The van der Waals surface area contributed by atoms with Gasteiger partial charge in [-0.2, -0.15) is 5.26 Å². The van der Waals surface area contributed by atoms with Crippen LogP contribution in [0.15, 0.2) is 91.0 Å². The van der Waals surface area contributed by atoms with Gasteiger partial charge in [0.05, 0.1) is 11.8 Å². The zero-order valence-electron chi connectivity index (χ0n) is 15.0. The van der Waals surface area contributed by atoms with Gasteiger partial charge in [-0.1, -0.05) is 78.3 Å². The summed E-state index contributed by atoms with van der Waals surface area (Å²) >= 11 is 6.03. The number of benzene rings is 3. The van der Waals surface area contributed by atoms with E-state index in [9.17, 15) is 10.1 Å². The molecule has 136 valence electrons. The highest BCUT2D eigenvalue weighted by atomic mass is 35.5. The van der Waals surface area contributed by atoms with Crippen molar-refractivity contribution in [2.45, 2.75) is 5.92 Å². The van der Waals surface area contributed by atoms with Gasteiger partial charge >= 0.3 is 0 Å². The molecule has 3 aromatic rings. The summed E-state index contributed by atoms with van der Waals surface area (Å²) in [7, 11) is 0. The first-order valence-electron chi connectivity index (χ1n) is 9.00. The Balaban J connectivity index is 1.91. The molecule has 3 nitrogen and oxygen atoms in total. The van der Waals surface area contributed by atoms with Crippen LogP contribution >= 0.6 is 11.6 Å². The van der Waals surface area contributed by atoms with Crippen LogP contribution in [0.1, 0.15) is 17.0 Å². The number of hydrogen-bond donors (Lipinski definition) is 0. The second-order valence-corrected chi connectivity index (χ2v) is 7.05. The third-order valence-electron chi connectivity index (χ3n) is 4.90. The molecule has 0 saturated heterocycles. The van der Waals surface area contributed by atoms with E-state index in [0.717, 1.165) is 16.8 Å². The van der Waals surface area contributed by atoms with E-state index in [1.807, 2.05) is 66.7 Å². The van der Waals surface area contributed by atoms with Crippen LogP contribution in [0.2, 0.25) is 5.02 Å². The number of anilines is 1. The van der Waals surface area contributed by atoms with Crippen molar-refractivity contribution < 1.29 is 4.79 Å². The molecule has 0 unspecified atom stereocenters. The van der Waals surface area contributed by atoms with Crippen molar-refractivity contribution in [3.8, 4) is 6.07 Å². The van der Waals surface area contributed by atoms with Crippen LogP contribution in [0.3, 0.4) is 0 Å². The summed E-state index contributed by atoms with van der Waals surface area (Å²) in [6, 6.07) is 28.8. The van der Waals surface area contributed by atoms with Crippen LogP contribution in [-0.2, 0) is 4.79 Å². The number of nitriles is 1. The third kappa shape index (κ3) is 3.31. The highest BCUT2D eigenvalue weighted by Gasteiger charge is 2.39. The first-order valence-corrected chi connectivity index (χ1v) is 9.38. The van der Waals surface area contributed by atoms with Gasteiger partial charge in [0.1, 0.15) is 5.92 Å². The standard InChI is InChI=1S/C24H17ClN2O/c25-19-11-13-20(14-12-19)27-23(18-9-5-2-6-10-18)15-21(22(16-26)24(27)28)17-7-3-1-4-8-17/h1-15,21-22H/t21-,22-/m1/s1. The summed E-state index contributed by atoms with van der Waals surface area (Å²) in [5, 5.41) is 10.4. The summed E-state index contributed by atoms with van der Waals surface area (Å²) in [5.74, 6) is -1.34. The van der Waals surface area contributed by atoms with E-state index in [1.165, 1.54) is 0 Å². The molecule has 0 N–H and O–H groups in total. The Morgan fingerprint density at radius 1 is 0.857 bits per heavy atom. The zero-order chi connectivity index (χ0) is 19.5. The molecule has 0 aromatic heterocycles. The molecule has 3 aromatic carbocycles. The Bertz CT molecular complexity index is 1050. The van der Waals surface area contributed by atoms with E-state index in [0.29, 0.717) is 10.7 Å². The minimum Gasteiger partial charge on any atom is -0.280 e. The first kappa shape index (κ1) is 18.0. The van der Waals surface area contributed by atoms with Gasteiger partial charge in [0, 0.05) is 16.6 Å². The molecule has 1 aliphatic rings. The second kappa shape index (κ2) is 7.72. The fraction of sp³-hybridized carbons (Fsp3) is 0.0833. The molecule has 0 spiro atoms. The van der Waals surface area contributed by atoms with Crippen molar-refractivity contribution in [3.63, 3.8) is 0 Å². The molecule has 0 fully saturated rings. The number of allylic oxidation sites excluding steroid dienone is 1. The highest BCUT2D eigenvalue weighted by molar-refractivity contribution is 6.30. The van der Waals surface area contributed by atoms with Crippen molar-refractivity contribution in [3.05, 3.63) is 107 Å². The van der Waals surface area contributed by atoms with Gasteiger partial charge in [-0.05, 0) is 35.4 Å². The van der Waals surface area contributed by atoms with Crippen LogP contribution in [0.5, 0.6) is 0 Å². The van der Waals surface area contributed by atoms with E-state index in [-0.39, 0.29) is 11.8 Å². The number of carbonyl (C=O) groups is 1. The van der Waals surface area contributed by atoms with Gasteiger partial charge < -0.3 is 0 Å². The summed E-state index contributed by atoms with van der Waals surface area (Å²) in [5.41, 5.74) is 3.33. The zero-order valence-corrected chi connectivity index (χ0v) is 15.8. The fourth-order valence-corrected chi connectivity index (χ4v) is 3.67. The average Bonchev–Trinajstić information content (AvgIpc) is 2.75. The van der Waals surface area contributed by atoms with Gasteiger partial charge in [-0.25, -0.2) is 0 Å². The lowest BCUT2D eigenvalue weighted by atomic mass is 9.81.